The van der Waals surface area contributed by atoms with Crippen LogP contribution >= 0.6 is 0 Å². The van der Waals surface area contributed by atoms with Crippen molar-refractivity contribution in [3.63, 3.8) is 0 Å². The van der Waals surface area contributed by atoms with Crippen molar-refractivity contribution in [2.24, 2.45) is 0 Å². The Morgan fingerprint density at radius 3 is 2.65 bits per heavy atom. The lowest BCUT2D eigenvalue weighted by Crippen LogP contribution is -2.15. The lowest BCUT2D eigenvalue weighted by molar-refractivity contribution is 0.0747. The van der Waals surface area contributed by atoms with E-state index < -0.39 is 5.60 Å². The summed E-state index contributed by atoms with van der Waals surface area (Å²) in [5.74, 6) is 0. The number of hydrogen-bond donors (Lipinski definition) is 2. The Balaban J connectivity index is 2.24. The summed E-state index contributed by atoms with van der Waals surface area (Å²) in [6.45, 7) is 5.62. The molecule has 0 saturated carbocycles. The highest BCUT2D eigenvalue weighted by atomic mass is 16.3. The molecule has 2 heterocycles. The van der Waals surface area contributed by atoms with Gasteiger partial charge in [0.15, 0.2) is 0 Å². The van der Waals surface area contributed by atoms with Gasteiger partial charge in [-0.1, -0.05) is 23.8 Å². The largest absolute Gasteiger partial charge is 0.384 e. The third-order valence-electron chi connectivity index (χ3n) is 3.50. The van der Waals surface area contributed by atoms with E-state index in [-0.39, 0.29) is 0 Å². The predicted octanol–water partition coefficient (Wildman–Crippen LogP) is 3.77. The van der Waals surface area contributed by atoms with Crippen molar-refractivity contribution < 1.29 is 5.11 Å². The van der Waals surface area contributed by atoms with E-state index in [9.17, 15) is 5.11 Å². The van der Waals surface area contributed by atoms with Gasteiger partial charge >= 0.3 is 0 Å². The van der Waals surface area contributed by atoms with Gasteiger partial charge in [0.05, 0.1) is 11.3 Å². The van der Waals surface area contributed by atoms with E-state index in [1.54, 1.807) is 20.0 Å². The van der Waals surface area contributed by atoms with Crippen molar-refractivity contribution >= 4 is 10.9 Å². The van der Waals surface area contributed by atoms with Gasteiger partial charge in [0.2, 0.25) is 0 Å². The summed E-state index contributed by atoms with van der Waals surface area (Å²) >= 11 is 0. The molecule has 3 rings (SSSR count). The van der Waals surface area contributed by atoms with E-state index in [1.807, 2.05) is 18.2 Å². The normalized spacial score (nSPS) is 12.0. The van der Waals surface area contributed by atoms with E-state index in [0.717, 1.165) is 27.9 Å². The summed E-state index contributed by atoms with van der Waals surface area (Å²) in [6.07, 6.45) is 1.80. The first kappa shape index (κ1) is 12.9. The first-order valence-electron chi connectivity index (χ1n) is 6.73. The number of hydrogen-bond acceptors (Lipinski definition) is 2. The van der Waals surface area contributed by atoms with Gasteiger partial charge in [0.25, 0.3) is 0 Å². The summed E-state index contributed by atoms with van der Waals surface area (Å²) in [4.78, 5) is 7.78. The van der Waals surface area contributed by atoms with Crippen molar-refractivity contribution in [2.45, 2.75) is 26.4 Å². The molecule has 0 amide bonds. The van der Waals surface area contributed by atoms with Crippen LogP contribution in [0.1, 0.15) is 25.1 Å². The molecule has 0 radical (unpaired) electrons. The monoisotopic (exact) mass is 266 g/mol. The second-order valence-corrected chi connectivity index (χ2v) is 5.73. The number of rotatable bonds is 2. The zero-order valence-electron chi connectivity index (χ0n) is 11.9. The Labute approximate surface area is 118 Å². The number of aryl methyl sites for hydroxylation is 1. The minimum Gasteiger partial charge on any atom is -0.384 e. The number of pyridine rings is 1. The van der Waals surface area contributed by atoms with E-state index in [0.29, 0.717) is 0 Å². The average molecular weight is 266 g/mol. The number of aliphatic hydroxyl groups is 1. The number of aromatic nitrogens is 2. The Kier molecular flexibility index (Phi) is 2.87. The molecule has 0 aliphatic rings. The van der Waals surface area contributed by atoms with Crippen LogP contribution in [0.3, 0.4) is 0 Å². The van der Waals surface area contributed by atoms with Crippen LogP contribution in [0.2, 0.25) is 0 Å². The summed E-state index contributed by atoms with van der Waals surface area (Å²) in [7, 11) is 0. The van der Waals surface area contributed by atoms with Crippen LogP contribution in [0, 0.1) is 6.92 Å². The maximum absolute atomic E-state index is 10.1. The highest BCUT2D eigenvalue weighted by Gasteiger charge is 2.19. The molecule has 102 valence electrons. The molecule has 2 N–H and O–H groups in total. The van der Waals surface area contributed by atoms with Crippen LogP contribution in [0.5, 0.6) is 0 Å². The van der Waals surface area contributed by atoms with E-state index >= 15 is 0 Å². The fraction of sp³-hybridized carbons (Fsp3) is 0.235. The summed E-state index contributed by atoms with van der Waals surface area (Å²) < 4.78 is 0. The van der Waals surface area contributed by atoms with Gasteiger partial charge in [-0.3, -0.25) is 4.98 Å². The number of benzene rings is 1. The van der Waals surface area contributed by atoms with Crippen LogP contribution in [0.15, 0.2) is 42.6 Å². The quantitative estimate of drug-likeness (QED) is 0.742. The average Bonchev–Trinajstić information content (AvgIpc) is 2.82. The Morgan fingerprint density at radius 2 is 1.95 bits per heavy atom. The molecular weight excluding hydrogens is 248 g/mol. The Morgan fingerprint density at radius 1 is 1.15 bits per heavy atom. The first-order chi connectivity index (χ1) is 9.45. The van der Waals surface area contributed by atoms with E-state index in [1.165, 1.54) is 5.56 Å². The van der Waals surface area contributed by atoms with Crippen LogP contribution in [-0.2, 0) is 5.60 Å². The van der Waals surface area contributed by atoms with Crippen LogP contribution in [0.4, 0.5) is 0 Å². The zero-order chi connectivity index (χ0) is 14.3. The number of fused-ring (bicyclic) bond motifs is 1. The summed E-state index contributed by atoms with van der Waals surface area (Å²) in [6, 6.07) is 12.2. The van der Waals surface area contributed by atoms with Gasteiger partial charge in [0.1, 0.15) is 0 Å². The van der Waals surface area contributed by atoms with Gasteiger partial charge < -0.3 is 10.1 Å². The smallest absolute Gasteiger partial charge is 0.0987 e. The van der Waals surface area contributed by atoms with Crippen LogP contribution in [0.25, 0.3) is 22.2 Å². The minimum absolute atomic E-state index is 0.800. The fourth-order valence-corrected chi connectivity index (χ4v) is 2.41. The molecule has 2 aromatic heterocycles. The van der Waals surface area contributed by atoms with Gasteiger partial charge in [-0.15, -0.1) is 0 Å². The SMILES string of the molecule is Cc1cccc(-c2nccc3[nH]c(C(C)(C)O)cc23)c1. The van der Waals surface area contributed by atoms with Gasteiger partial charge in [-0.05, 0) is 39.0 Å². The molecule has 0 unspecified atom stereocenters. The highest BCUT2D eigenvalue weighted by Crippen LogP contribution is 2.30. The third kappa shape index (κ3) is 2.21. The minimum atomic E-state index is -0.886. The topological polar surface area (TPSA) is 48.9 Å². The summed E-state index contributed by atoms with van der Waals surface area (Å²) in [5, 5.41) is 11.2. The molecule has 0 aliphatic heterocycles. The molecular formula is C17H18N2O. The number of aromatic amines is 1. The molecule has 0 aliphatic carbocycles. The number of nitrogens with one attached hydrogen (secondary N) is 1. The van der Waals surface area contributed by atoms with Crippen molar-refractivity contribution in [3.05, 3.63) is 53.9 Å². The Bertz CT molecular complexity index is 766. The first-order valence-corrected chi connectivity index (χ1v) is 6.73. The van der Waals surface area contributed by atoms with Crippen molar-refractivity contribution in [3.8, 4) is 11.3 Å². The third-order valence-corrected chi connectivity index (χ3v) is 3.50. The molecule has 1 aromatic carbocycles. The highest BCUT2D eigenvalue weighted by molar-refractivity contribution is 5.93. The van der Waals surface area contributed by atoms with Crippen molar-refractivity contribution in [2.75, 3.05) is 0 Å². The zero-order valence-corrected chi connectivity index (χ0v) is 11.9. The second kappa shape index (κ2) is 4.46. The molecule has 20 heavy (non-hydrogen) atoms. The second-order valence-electron chi connectivity index (χ2n) is 5.73. The van der Waals surface area contributed by atoms with Gasteiger partial charge in [0, 0.05) is 28.4 Å². The molecule has 0 fully saturated rings. The lowest BCUT2D eigenvalue weighted by Gasteiger charge is -2.14. The molecule has 0 spiro atoms. The van der Waals surface area contributed by atoms with Crippen LogP contribution in [-0.4, -0.2) is 15.1 Å². The lowest BCUT2D eigenvalue weighted by atomic mass is 10.0. The standard InChI is InChI=1S/C17H18N2O/c1-11-5-4-6-12(9-11)16-13-10-15(17(2,3)20)19-14(13)7-8-18-16/h4-10,19-20H,1-3H3. The van der Waals surface area contributed by atoms with Crippen molar-refractivity contribution in [1.29, 1.82) is 0 Å². The van der Waals surface area contributed by atoms with Gasteiger partial charge in [-0.25, -0.2) is 0 Å². The fourth-order valence-electron chi connectivity index (χ4n) is 2.41. The molecule has 0 saturated heterocycles. The Hall–Kier alpha value is -2.13. The van der Waals surface area contributed by atoms with Crippen molar-refractivity contribution in [1.82, 2.24) is 9.97 Å². The maximum atomic E-state index is 10.1. The molecule has 3 heteroatoms. The van der Waals surface area contributed by atoms with Crippen LogP contribution < -0.4 is 0 Å². The van der Waals surface area contributed by atoms with Gasteiger partial charge in [-0.2, -0.15) is 0 Å². The molecule has 3 nitrogen and oxygen atoms in total. The van der Waals surface area contributed by atoms with E-state index in [4.69, 9.17) is 0 Å². The van der Waals surface area contributed by atoms with E-state index in [2.05, 4.69) is 35.1 Å². The molecule has 0 atom stereocenters. The molecule has 3 aromatic rings. The molecule has 0 bridgehead atoms. The predicted molar refractivity (Wildman–Crippen MR) is 81.5 cm³/mol. The maximum Gasteiger partial charge on any atom is 0.0987 e. The summed E-state index contributed by atoms with van der Waals surface area (Å²) in [5.41, 5.74) is 4.15. The number of nitrogens with zero attached hydrogens (tertiary/aromatic N) is 1. The number of H-pyrrole nitrogens is 1.